The minimum atomic E-state index is -0.666. The summed E-state index contributed by atoms with van der Waals surface area (Å²) in [5.74, 6) is -0.782. The predicted molar refractivity (Wildman–Crippen MR) is 124 cm³/mol. The normalized spacial score (nSPS) is 14.9. The van der Waals surface area contributed by atoms with E-state index in [0.717, 1.165) is 21.9 Å². The van der Waals surface area contributed by atoms with Crippen LogP contribution in [0.25, 0.3) is 11.0 Å². The van der Waals surface area contributed by atoms with Crippen molar-refractivity contribution in [3.05, 3.63) is 59.3 Å². The molecule has 1 aliphatic rings. The van der Waals surface area contributed by atoms with Crippen molar-refractivity contribution >= 4 is 28.4 Å². The number of benzene rings is 2. The van der Waals surface area contributed by atoms with E-state index in [1.54, 1.807) is 18.3 Å². The Balaban J connectivity index is 1.73. The first-order valence-corrected chi connectivity index (χ1v) is 14.7. The van der Waals surface area contributed by atoms with Crippen LogP contribution in [0.3, 0.4) is 0 Å². The van der Waals surface area contributed by atoms with Crippen LogP contribution in [0.2, 0.25) is 0 Å². The molecule has 1 amide bonds. The molecular formula is C24H27F2IN5O2-. The second-order valence-electron chi connectivity index (χ2n) is 8.00. The summed E-state index contributed by atoms with van der Waals surface area (Å²) in [5.41, 5.74) is 2.72. The standard InChI is InChI=1S/C24H27F2IN5O2/c1-15(30-19-12-17(25)11-18(26)13-19)20-9-16(24(33)28-4-3-27-2)10-21-23(20)31-22(14-29-21)32-5-7-34-8-6-32/h9-15,30H,3-8H2,1-2H3,(H,28,33)/q-1. The Hall–Kier alpha value is -2.60. The van der Waals surface area contributed by atoms with E-state index in [1.165, 1.54) is 12.1 Å². The number of alkyl halides is 2. The number of ether oxygens (including phenoxy) is 1. The summed E-state index contributed by atoms with van der Waals surface area (Å²) in [5, 5.41) is 6.10. The van der Waals surface area contributed by atoms with Crippen LogP contribution in [0, 0.1) is 11.6 Å². The number of carbonyl (C=O) groups excluding carboxylic acids is 1. The van der Waals surface area contributed by atoms with Crippen molar-refractivity contribution in [1.82, 2.24) is 15.3 Å². The number of hydrogen-bond donors (Lipinski definition) is 2. The zero-order valence-corrected chi connectivity index (χ0v) is 21.2. The van der Waals surface area contributed by atoms with E-state index < -0.39 is 17.7 Å². The summed E-state index contributed by atoms with van der Waals surface area (Å²) in [4.78, 5) is 26.6. The third kappa shape index (κ3) is 5.90. The van der Waals surface area contributed by atoms with Crippen LogP contribution in [0.4, 0.5) is 20.3 Å². The van der Waals surface area contributed by atoms with Crippen molar-refractivity contribution in [1.29, 1.82) is 0 Å². The van der Waals surface area contributed by atoms with Gasteiger partial charge in [0.15, 0.2) is 0 Å². The first kappa shape index (κ1) is 24.5. The summed E-state index contributed by atoms with van der Waals surface area (Å²) in [6.45, 7) is 5.17. The van der Waals surface area contributed by atoms with E-state index in [0.29, 0.717) is 55.1 Å². The van der Waals surface area contributed by atoms with Crippen LogP contribution < -0.4 is 36.7 Å². The van der Waals surface area contributed by atoms with Gasteiger partial charge in [0.2, 0.25) is 0 Å². The maximum absolute atomic E-state index is 13.7. The van der Waals surface area contributed by atoms with E-state index in [-0.39, 0.29) is 27.1 Å². The van der Waals surface area contributed by atoms with Gasteiger partial charge in [-0.3, -0.25) is 0 Å². The van der Waals surface area contributed by atoms with Gasteiger partial charge in [-0.25, -0.2) is 8.78 Å². The molecule has 10 heteroatoms. The molecule has 182 valence electrons. The first-order chi connectivity index (χ1) is 16.4. The van der Waals surface area contributed by atoms with Crippen LogP contribution in [0.5, 0.6) is 0 Å². The Kier molecular flexibility index (Phi) is 8.09. The van der Waals surface area contributed by atoms with Crippen LogP contribution >= 0.6 is 0 Å². The maximum atomic E-state index is 13.7. The van der Waals surface area contributed by atoms with Crippen LogP contribution in [0.1, 0.15) is 28.9 Å². The molecular weight excluding hydrogens is 555 g/mol. The second-order valence-corrected chi connectivity index (χ2v) is 10.6. The number of hydrogen-bond acceptors (Lipinski definition) is 6. The molecule has 2 N–H and O–H groups in total. The van der Waals surface area contributed by atoms with Gasteiger partial charge in [0, 0.05) is 6.07 Å². The van der Waals surface area contributed by atoms with E-state index in [4.69, 9.17) is 9.72 Å². The number of rotatable bonds is 8. The van der Waals surface area contributed by atoms with Gasteiger partial charge in [-0.05, 0) is 0 Å². The second kappa shape index (κ2) is 11.2. The molecule has 3 aromatic rings. The molecule has 1 atom stereocenters. The molecule has 2 heterocycles. The average molecular weight is 582 g/mol. The van der Waals surface area contributed by atoms with E-state index >= 15 is 0 Å². The predicted octanol–water partition coefficient (Wildman–Crippen LogP) is 0.366. The number of fused-ring (bicyclic) bond motifs is 1. The number of anilines is 2. The molecule has 0 spiro atoms. The first-order valence-electron chi connectivity index (χ1n) is 11.0. The third-order valence-electron chi connectivity index (χ3n) is 5.54. The number of nitrogens with zero attached hydrogens (tertiary/aromatic N) is 3. The fraction of sp³-hybridized carbons (Fsp3) is 0.375. The molecule has 1 saturated heterocycles. The Morgan fingerprint density at radius 1 is 1.18 bits per heavy atom. The van der Waals surface area contributed by atoms with Gasteiger partial charge in [0.05, 0.1) is 13.2 Å². The zero-order valence-electron chi connectivity index (χ0n) is 19.1. The minimum absolute atomic E-state index is 0.0923. The fourth-order valence-electron chi connectivity index (χ4n) is 3.86. The molecule has 4 rings (SSSR count). The zero-order chi connectivity index (χ0) is 24.1. The monoisotopic (exact) mass is 582 g/mol. The molecule has 1 aliphatic heterocycles. The Morgan fingerprint density at radius 2 is 1.91 bits per heavy atom. The van der Waals surface area contributed by atoms with E-state index in [2.05, 4.69) is 25.4 Å². The number of aromatic nitrogens is 2. The summed E-state index contributed by atoms with van der Waals surface area (Å²) in [6, 6.07) is 6.42. The number of carbonyl (C=O) groups is 1. The van der Waals surface area contributed by atoms with Crippen molar-refractivity contribution in [2.75, 3.05) is 52.4 Å². The summed E-state index contributed by atoms with van der Waals surface area (Å²) < 4.78 is 33.9. The molecule has 7 nitrogen and oxygen atoms in total. The number of halogens is 3. The van der Waals surface area contributed by atoms with E-state index in [1.807, 2.05) is 6.92 Å². The number of morpholine rings is 1. The van der Waals surface area contributed by atoms with Gasteiger partial charge in [0.25, 0.3) is 0 Å². The van der Waals surface area contributed by atoms with Gasteiger partial charge >= 0.3 is 175 Å². The molecule has 2 aromatic carbocycles. The van der Waals surface area contributed by atoms with Crippen molar-refractivity contribution < 1.29 is 39.5 Å². The van der Waals surface area contributed by atoms with Crippen LogP contribution in [-0.4, -0.2) is 58.1 Å². The SMILES string of the molecule is C[I-]CCNC(=O)c1cc(C(C)Nc2cc(F)cc(F)c2)c2nc(N3CCOCC3)cnc2c1. The third-order valence-corrected chi connectivity index (χ3v) is 7.16. The molecule has 34 heavy (non-hydrogen) atoms. The van der Waals surface area contributed by atoms with Gasteiger partial charge in [-0.2, -0.15) is 0 Å². The van der Waals surface area contributed by atoms with Gasteiger partial charge in [-0.15, -0.1) is 0 Å². The summed E-state index contributed by atoms with van der Waals surface area (Å²) in [7, 11) is 0. The number of amides is 1. The van der Waals surface area contributed by atoms with Crippen molar-refractivity contribution in [2.45, 2.75) is 13.0 Å². The quantitative estimate of drug-likeness (QED) is 0.227. The molecule has 0 aliphatic carbocycles. The summed E-state index contributed by atoms with van der Waals surface area (Å²) >= 11 is 0.0923. The van der Waals surface area contributed by atoms with Crippen LogP contribution in [-0.2, 0) is 4.74 Å². The Bertz CT molecular complexity index is 1150. The van der Waals surface area contributed by atoms with Gasteiger partial charge < -0.3 is 4.74 Å². The van der Waals surface area contributed by atoms with Gasteiger partial charge in [0.1, 0.15) is 0 Å². The molecule has 1 aromatic heterocycles. The average Bonchev–Trinajstić information content (AvgIpc) is 2.83. The fourth-order valence-corrected chi connectivity index (χ4v) is 4.67. The van der Waals surface area contributed by atoms with E-state index in [9.17, 15) is 13.6 Å². The summed E-state index contributed by atoms with van der Waals surface area (Å²) in [6.07, 6.45) is 1.71. The molecule has 0 bridgehead atoms. The van der Waals surface area contributed by atoms with Crippen molar-refractivity contribution in [3.8, 4) is 0 Å². The van der Waals surface area contributed by atoms with Gasteiger partial charge in [-0.1, -0.05) is 0 Å². The van der Waals surface area contributed by atoms with Crippen molar-refractivity contribution in [2.24, 2.45) is 0 Å². The molecule has 1 fully saturated rings. The Labute approximate surface area is 207 Å². The Morgan fingerprint density at radius 3 is 2.62 bits per heavy atom. The number of nitrogens with one attached hydrogen (secondary N) is 2. The molecule has 1 unspecified atom stereocenters. The van der Waals surface area contributed by atoms with Crippen molar-refractivity contribution in [3.63, 3.8) is 0 Å². The molecule has 0 saturated carbocycles. The molecule has 0 radical (unpaired) electrons. The van der Waals surface area contributed by atoms with Crippen LogP contribution in [0.15, 0.2) is 36.5 Å². The topological polar surface area (TPSA) is 79.4 Å².